The Kier molecular flexibility index (Phi) is 5.82. The number of carbonyl (C=O) groups is 2. The number of carbonyl (C=O) groups excluding carboxylic acids is 1. The van der Waals surface area contributed by atoms with E-state index < -0.39 is 27.3 Å². The van der Waals surface area contributed by atoms with Gasteiger partial charge < -0.3 is 10.4 Å². The van der Waals surface area contributed by atoms with E-state index in [0.717, 1.165) is 0 Å². The minimum atomic E-state index is -3.36. The van der Waals surface area contributed by atoms with Crippen molar-refractivity contribution in [3.8, 4) is 0 Å². The van der Waals surface area contributed by atoms with Gasteiger partial charge >= 0.3 is 5.97 Å². The Labute approximate surface area is 152 Å². The van der Waals surface area contributed by atoms with Gasteiger partial charge in [0.05, 0.1) is 10.6 Å². The predicted octanol–water partition coefficient (Wildman–Crippen LogP) is 2.60. The van der Waals surface area contributed by atoms with Crippen molar-refractivity contribution in [3.05, 3.63) is 65.7 Å². The van der Waals surface area contributed by atoms with Crippen LogP contribution in [0.15, 0.2) is 59.5 Å². The van der Waals surface area contributed by atoms with E-state index in [4.69, 9.17) is 0 Å². The summed E-state index contributed by atoms with van der Waals surface area (Å²) in [5, 5.41) is 12.4. The van der Waals surface area contributed by atoms with Crippen LogP contribution in [0.5, 0.6) is 0 Å². The van der Waals surface area contributed by atoms with Gasteiger partial charge in [-0.3, -0.25) is 4.79 Å². The Morgan fingerprint density at radius 1 is 1.00 bits per heavy atom. The van der Waals surface area contributed by atoms with Crippen molar-refractivity contribution in [1.29, 1.82) is 0 Å². The number of rotatable bonds is 7. The van der Waals surface area contributed by atoms with Gasteiger partial charge in [0, 0.05) is 5.56 Å². The Bertz CT molecular complexity index is 891. The predicted molar refractivity (Wildman–Crippen MR) is 97.7 cm³/mol. The van der Waals surface area contributed by atoms with Crippen molar-refractivity contribution >= 4 is 21.7 Å². The Hall–Kier alpha value is -2.67. The van der Waals surface area contributed by atoms with E-state index in [2.05, 4.69) is 5.32 Å². The lowest BCUT2D eigenvalue weighted by Gasteiger charge is -2.30. The molecule has 2 aromatic rings. The van der Waals surface area contributed by atoms with E-state index in [0.29, 0.717) is 5.56 Å². The number of hydrogen-bond acceptors (Lipinski definition) is 4. The molecule has 6 nitrogen and oxygen atoms in total. The van der Waals surface area contributed by atoms with Crippen molar-refractivity contribution < 1.29 is 23.1 Å². The Morgan fingerprint density at radius 2 is 1.58 bits per heavy atom. The number of benzene rings is 2. The quantitative estimate of drug-likeness (QED) is 0.775. The number of hydrogen-bond donors (Lipinski definition) is 2. The average molecular weight is 375 g/mol. The average Bonchev–Trinajstić information content (AvgIpc) is 2.66. The van der Waals surface area contributed by atoms with E-state index in [-0.39, 0.29) is 22.6 Å². The zero-order valence-electron chi connectivity index (χ0n) is 14.6. The zero-order valence-corrected chi connectivity index (χ0v) is 15.4. The number of carboxylic acids is 1. The maximum Gasteiger partial charge on any atom is 0.334 e. The second-order valence-electron chi connectivity index (χ2n) is 5.81. The van der Waals surface area contributed by atoms with Crippen LogP contribution >= 0.6 is 0 Å². The summed E-state index contributed by atoms with van der Waals surface area (Å²) in [5.41, 5.74) is -0.907. The van der Waals surface area contributed by atoms with E-state index in [1.54, 1.807) is 37.3 Å². The summed E-state index contributed by atoms with van der Waals surface area (Å²) < 4.78 is 23.7. The van der Waals surface area contributed by atoms with Crippen LogP contribution in [0.2, 0.25) is 0 Å². The van der Waals surface area contributed by atoms with Crippen molar-refractivity contribution in [2.24, 2.45) is 0 Å². The lowest BCUT2D eigenvalue weighted by Crippen LogP contribution is -2.51. The second-order valence-corrected chi connectivity index (χ2v) is 8.09. The minimum Gasteiger partial charge on any atom is -0.479 e. The molecule has 0 aromatic heterocycles. The fraction of sp³-hybridized carbons (Fsp3) is 0.263. The number of aliphatic carboxylic acids is 1. The van der Waals surface area contributed by atoms with Crippen LogP contribution in [-0.4, -0.2) is 31.2 Å². The lowest BCUT2D eigenvalue weighted by molar-refractivity contribution is -0.145. The Balaban J connectivity index is 2.35. The molecule has 0 aliphatic heterocycles. The fourth-order valence-corrected chi connectivity index (χ4v) is 3.55. The van der Waals surface area contributed by atoms with Crippen molar-refractivity contribution in [1.82, 2.24) is 5.32 Å². The van der Waals surface area contributed by atoms with Crippen LogP contribution in [-0.2, 0) is 20.2 Å². The molecule has 1 amide bonds. The molecule has 0 saturated carbocycles. The summed E-state index contributed by atoms with van der Waals surface area (Å²) >= 11 is 0. The topological polar surface area (TPSA) is 101 Å². The van der Waals surface area contributed by atoms with Crippen molar-refractivity contribution in [2.45, 2.75) is 30.7 Å². The monoisotopic (exact) mass is 375 g/mol. The van der Waals surface area contributed by atoms with Gasteiger partial charge in [0.25, 0.3) is 5.91 Å². The summed E-state index contributed by atoms with van der Waals surface area (Å²) in [4.78, 5) is 24.7. The van der Waals surface area contributed by atoms with Gasteiger partial charge in [-0.2, -0.15) is 0 Å². The Morgan fingerprint density at radius 3 is 2.04 bits per heavy atom. The number of carboxylic acid groups (broad SMARTS) is 1. The van der Waals surface area contributed by atoms with Crippen LogP contribution < -0.4 is 5.32 Å². The van der Waals surface area contributed by atoms with Gasteiger partial charge in [0.1, 0.15) is 0 Å². The van der Waals surface area contributed by atoms with Gasteiger partial charge in [-0.05, 0) is 36.2 Å². The largest absolute Gasteiger partial charge is 0.479 e. The molecule has 138 valence electrons. The van der Waals surface area contributed by atoms with E-state index in [1.165, 1.54) is 31.2 Å². The van der Waals surface area contributed by atoms with Crippen LogP contribution in [0, 0.1) is 0 Å². The molecule has 0 bridgehead atoms. The molecule has 2 aromatic carbocycles. The third-order valence-corrected chi connectivity index (χ3v) is 6.10. The molecule has 0 aliphatic carbocycles. The summed E-state index contributed by atoms with van der Waals surface area (Å²) in [6, 6.07) is 13.9. The first-order valence-electron chi connectivity index (χ1n) is 8.21. The fourth-order valence-electron chi connectivity index (χ4n) is 2.66. The van der Waals surface area contributed by atoms with Crippen molar-refractivity contribution in [3.63, 3.8) is 0 Å². The van der Waals surface area contributed by atoms with E-state index >= 15 is 0 Å². The molecule has 0 radical (unpaired) electrons. The third kappa shape index (κ3) is 3.77. The first-order chi connectivity index (χ1) is 12.3. The molecule has 0 saturated heterocycles. The van der Waals surface area contributed by atoms with Gasteiger partial charge in [-0.1, -0.05) is 44.2 Å². The molecule has 0 aliphatic rings. The van der Waals surface area contributed by atoms with Crippen LogP contribution in [0.3, 0.4) is 0 Å². The molecule has 26 heavy (non-hydrogen) atoms. The smallest absolute Gasteiger partial charge is 0.334 e. The van der Waals surface area contributed by atoms with Crippen LogP contribution in [0.25, 0.3) is 0 Å². The summed E-state index contributed by atoms with van der Waals surface area (Å²) in [7, 11) is -3.36. The molecule has 2 N–H and O–H groups in total. The highest BCUT2D eigenvalue weighted by atomic mass is 32.2. The molecule has 7 heteroatoms. The number of sulfone groups is 1. The first-order valence-corrected chi connectivity index (χ1v) is 9.86. The van der Waals surface area contributed by atoms with Crippen LogP contribution in [0.4, 0.5) is 0 Å². The second kappa shape index (κ2) is 7.70. The molecule has 2 rings (SSSR count). The highest BCUT2D eigenvalue weighted by molar-refractivity contribution is 7.91. The van der Waals surface area contributed by atoms with Gasteiger partial charge in [-0.15, -0.1) is 0 Å². The normalized spacial score (nSPS) is 13.6. The third-order valence-electron chi connectivity index (χ3n) is 4.34. The lowest BCUT2D eigenvalue weighted by atomic mass is 9.87. The van der Waals surface area contributed by atoms with E-state index in [9.17, 15) is 23.1 Å². The number of amides is 1. The van der Waals surface area contributed by atoms with E-state index in [1.807, 2.05) is 0 Å². The van der Waals surface area contributed by atoms with Crippen LogP contribution in [0.1, 0.15) is 36.2 Å². The molecule has 0 spiro atoms. The highest BCUT2D eigenvalue weighted by Gasteiger charge is 2.40. The number of nitrogens with one attached hydrogen (secondary N) is 1. The maximum absolute atomic E-state index is 12.6. The standard InChI is InChI=1S/C19H21NO5S/c1-3-19(18(22)23,15-8-6-5-7-9-15)20-17(21)14-10-12-16(13-11-14)26(24,25)4-2/h5-13H,3-4H2,1-2H3,(H,20,21)(H,22,23). The minimum absolute atomic E-state index is 0.0372. The first kappa shape index (κ1) is 19.7. The molecule has 0 heterocycles. The molecule has 1 unspecified atom stereocenters. The molecular weight excluding hydrogens is 354 g/mol. The molecule has 1 atom stereocenters. The van der Waals surface area contributed by atoms with Crippen molar-refractivity contribution in [2.75, 3.05) is 5.75 Å². The summed E-state index contributed by atoms with van der Waals surface area (Å²) in [6.07, 6.45) is 0.153. The molecule has 0 fully saturated rings. The zero-order chi connectivity index (χ0) is 19.4. The summed E-state index contributed by atoms with van der Waals surface area (Å²) in [5.74, 6) is -1.78. The SMILES string of the molecule is CCC(NC(=O)c1ccc(S(=O)(=O)CC)cc1)(C(=O)O)c1ccccc1. The molecular formula is C19H21NO5S. The highest BCUT2D eigenvalue weighted by Crippen LogP contribution is 2.26. The summed E-state index contributed by atoms with van der Waals surface area (Å²) in [6.45, 7) is 3.22. The van der Waals surface area contributed by atoms with Gasteiger partial charge in [-0.25, -0.2) is 13.2 Å². The van der Waals surface area contributed by atoms with Gasteiger partial charge in [0.15, 0.2) is 15.4 Å². The van der Waals surface area contributed by atoms with Gasteiger partial charge in [0.2, 0.25) is 0 Å². The maximum atomic E-state index is 12.6.